The number of aliphatic hydroxyl groups excluding tert-OH is 1. The molecule has 0 saturated carbocycles. The number of unbranched alkanes of at least 4 members (excludes halogenated alkanes) is 4. The van der Waals surface area contributed by atoms with Crippen molar-refractivity contribution < 1.29 is 14.6 Å². The summed E-state index contributed by atoms with van der Waals surface area (Å²) in [6, 6.07) is 0. The van der Waals surface area contributed by atoms with Gasteiger partial charge in [-0.2, -0.15) is 0 Å². The maximum Gasteiger partial charge on any atom is 0.310 e. The van der Waals surface area contributed by atoms with Gasteiger partial charge in [0.05, 0.1) is 19.6 Å². The Balaban J connectivity index is 3.48. The molecule has 0 aliphatic carbocycles. The molecule has 1 atom stereocenters. The quantitative estimate of drug-likeness (QED) is 0.484. The van der Waals surface area contributed by atoms with Crippen molar-refractivity contribution in [1.29, 1.82) is 0 Å². The van der Waals surface area contributed by atoms with E-state index in [0.29, 0.717) is 0 Å². The Bertz CT molecular complexity index is 145. The van der Waals surface area contributed by atoms with Crippen LogP contribution < -0.4 is 0 Å². The van der Waals surface area contributed by atoms with Crippen molar-refractivity contribution in [3.05, 3.63) is 0 Å². The minimum Gasteiger partial charge on any atom is -0.469 e. The van der Waals surface area contributed by atoms with Crippen LogP contribution in [0.25, 0.3) is 0 Å². The van der Waals surface area contributed by atoms with Gasteiger partial charge in [0, 0.05) is 0 Å². The molecule has 3 nitrogen and oxygen atoms in total. The molecule has 0 amide bonds. The van der Waals surface area contributed by atoms with Crippen LogP contribution in [0.15, 0.2) is 0 Å². The monoisotopic (exact) mass is 202 g/mol. The van der Waals surface area contributed by atoms with Crippen LogP contribution in [0.2, 0.25) is 0 Å². The minimum absolute atomic E-state index is 0.0968. The van der Waals surface area contributed by atoms with E-state index >= 15 is 0 Å². The van der Waals surface area contributed by atoms with E-state index in [-0.39, 0.29) is 18.5 Å². The molecule has 0 aromatic rings. The second-order valence-corrected chi connectivity index (χ2v) is 3.61. The lowest BCUT2D eigenvalue weighted by molar-refractivity contribution is -0.147. The molecule has 0 radical (unpaired) electrons. The molecule has 0 aromatic carbocycles. The number of carbonyl (C=O) groups is 1. The standard InChI is InChI=1S/C11H22O3/c1-3-4-5-6-7-8-10(9-12)11(13)14-2/h10,12H,3-9H2,1-2H3. The van der Waals surface area contributed by atoms with Crippen molar-refractivity contribution in [2.45, 2.75) is 45.4 Å². The summed E-state index contributed by atoms with van der Waals surface area (Å²) in [7, 11) is 1.36. The molecule has 1 N–H and O–H groups in total. The van der Waals surface area contributed by atoms with Crippen molar-refractivity contribution in [3.63, 3.8) is 0 Å². The summed E-state index contributed by atoms with van der Waals surface area (Å²) in [6.45, 7) is 2.07. The van der Waals surface area contributed by atoms with Crippen molar-refractivity contribution >= 4 is 5.97 Å². The molecule has 1 unspecified atom stereocenters. The third-order valence-corrected chi connectivity index (χ3v) is 2.41. The number of carbonyl (C=O) groups excluding carboxylic acids is 1. The van der Waals surface area contributed by atoms with E-state index < -0.39 is 0 Å². The predicted octanol–water partition coefficient (Wildman–Crippen LogP) is 2.13. The number of hydrogen-bond acceptors (Lipinski definition) is 3. The zero-order valence-electron chi connectivity index (χ0n) is 9.29. The summed E-state index contributed by atoms with van der Waals surface area (Å²) in [6.07, 6.45) is 6.58. The van der Waals surface area contributed by atoms with Crippen LogP contribution in [0, 0.1) is 5.92 Å². The van der Waals surface area contributed by atoms with Crippen LogP contribution in [0.4, 0.5) is 0 Å². The fourth-order valence-corrected chi connectivity index (χ4v) is 1.44. The zero-order chi connectivity index (χ0) is 10.8. The van der Waals surface area contributed by atoms with E-state index in [1.165, 1.54) is 26.4 Å². The van der Waals surface area contributed by atoms with Crippen molar-refractivity contribution in [1.82, 2.24) is 0 Å². The summed E-state index contributed by atoms with van der Waals surface area (Å²) in [5.74, 6) is -0.607. The number of methoxy groups -OCH3 is 1. The lowest BCUT2D eigenvalue weighted by Crippen LogP contribution is -2.19. The summed E-state index contributed by atoms with van der Waals surface area (Å²) < 4.78 is 4.58. The summed E-state index contributed by atoms with van der Waals surface area (Å²) in [4.78, 5) is 11.1. The Kier molecular flexibility index (Phi) is 8.64. The Morgan fingerprint density at radius 1 is 1.29 bits per heavy atom. The van der Waals surface area contributed by atoms with Gasteiger partial charge in [0.25, 0.3) is 0 Å². The molecular formula is C11H22O3. The molecule has 14 heavy (non-hydrogen) atoms. The molecule has 0 aliphatic heterocycles. The molecule has 0 aliphatic rings. The predicted molar refractivity (Wildman–Crippen MR) is 56.0 cm³/mol. The fraction of sp³-hybridized carbons (Fsp3) is 0.909. The highest BCUT2D eigenvalue weighted by molar-refractivity contribution is 5.72. The second-order valence-electron chi connectivity index (χ2n) is 3.61. The van der Waals surface area contributed by atoms with Gasteiger partial charge in [-0.25, -0.2) is 0 Å². The van der Waals surface area contributed by atoms with Crippen LogP contribution in [-0.2, 0) is 9.53 Å². The third kappa shape index (κ3) is 5.97. The Morgan fingerprint density at radius 2 is 1.93 bits per heavy atom. The largest absolute Gasteiger partial charge is 0.469 e. The average molecular weight is 202 g/mol. The van der Waals surface area contributed by atoms with Gasteiger partial charge in [-0.15, -0.1) is 0 Å². The number of ether oxygens (including phenoxy) is 1. The van der Waals surface area contributed by atoms with E-state index in [1.807, 2.05) is 0 Å². The van der Waals surface area contributed by atoms with Crippen molar-refractivity contribution in [2.75, 3.05) is 13.7 Å². The Hall–Kier alpha value is -0.570. The molecule has 0 saturated heterocycles. The lowest BCUT2D eigenvalue weighted by Gasteiger charge is -2.10. The molecule has 0 spiro atoms. The van der Waals surface area contributed by atoms with Crippen molar-refractivity contribution in [2.24, 2.45) is 5.92 Å². The Labute approximate surface area is 86.5 Å². The summed E-state index contributed by atoms with van der Waals surface area (Å²) in [5.41, 5.74) is 0. The van der Waals surface area contributed by atoms with Crippen LogP contribution >= 0.6 is 0 Å². The fourth-order valence-electron chi connectivity index (χ4n) is 1.44. The third-order valence-electron chi connectivity index (χ3n) is 2.41. The molecule has 3 heteroatoms. The minimum atomic E-state index is -0.318. The molecule has 0 bridgehead atoms. The van der Waals surface area contributed by atoms with Gasteiger partial charge in [-0.3, -0.25) is 4.79 Å². The highest BCUT2D eigenvalue weighted by Crippen LogP contribution is 2.12. The number of hydrogen-bond donors (Lipinski definition) is 1. The summed E-state index contributed by atoms with van der Waals surface area (Å²) >= 11 is 0. The maximum absolute atomic E-state index is 11.1. The zero-order valence-corrected chi connectivity index (χ0v) is 9.29. The first-order valence-corrected chi connectivity index (χ1v) is 5.45. The van der Waals surface area contributed by atoms with Crippen LogP contribution in [0.1, 0.15) is 45.4 Å². The van der Waals surface area contributed by atoms with Crippen LogP contribution in [0.5, 0.6) is 0 Å². The van der Waals surface area contributed by atoms with E-state index in [2.05, 4.69) is 11.7 Å². The van der Waals surface area contributed by atoms with E-state index in [4.69, 9.17) is 5.11 Å². The summed E-state index contributed by atoms with van der Waals surface area (Å²) in [5, 5.41) is 8.93. The molecular weight excluding hydrogens is 180 g/mol. The van der Waals surface area contributed by atoms with E-state index in [9.17, 15) is 4.79 Å². The topological polar surface area (TPSA) is 46.5 Å². The molecule has 0 fully saturated rings. The van der Waals surface area contributed by atoms with Crippen molar-refractivity contribution in [3.8, 4) is 0 Å². The lowest BCUT2D eigenvalue weighted by atomic mass is 10.0. The van der Waals surface area contributed by atoms with Gasteiger partial charge in [0.2, 0.25) is 0 Å². The molecule has 84 valence electrons. The van der Waals surface area contributed by atoms with E-state index in [0.717, 1.165) is 19.3 Å². The first-order valence-electron chi connectivity index (χ1n) is 5.45. The Morgan fingerprint density at radius 3 is 2.43 bits per heavy atom. The SMILES string of the molecule is CCCCCCCC(CO)C(=O)OC. The number of rotatable bonds is 8. The van der Waals surface area contributed by atoms with Gasteiger partial charge >= 0.3 is 5.97 Å². The number of aliphatic hydroxyl groups is 1. The van der Waals surface area contributed by atoms with Gasteiger partial charge in [-0.05, 0) is 6.42 Å². The second kappa shape index (κ2) is 9.00. The van der Waals surface area contributed by atoms with Crippen LogP contribution in [-0.4, -0.2) is 24.8 Å². The smallest absolute Gasteiger partial charge is 0.310 e. The van der Waals surface area contributed by atoms with Gasteiger partial charge in [0.1, 0.15) is 0 Å². The highest BCUT2D eigenvalue weighted by Gasteiger charge is 2.16. The van der Waals surface area contributed by atoms with E-state index in [1.54, 1.807) is 0 Å². The molecule has 0 heterocycles. The van der Waals surface area contributed by atoms with Gasteiger partial charge < -0.3 is 9.84 Å². The average Bonchev–Trinajstić information content (AvgIpc) is 2.22. The first kappa shape index (κ1) is 13.4. The molecule has 0 aromatic heterocycles. The van der Waals surface area contributed by atoms with Crippen LogP contribution in [0.3, 0.4) is 0 Å². The highest BCUT2D eigenvalue weighted by atomic mass is 16.5. The van der Waals surface area contributed by atoms with Gasteiger partial charge in [-0.1, -0.05) is 39.0 Å². The first-order chi connectivity index (χ1) is 6.76. The normalized spacial score (nSPS) is 12.5. The maximum atomic E-state index is 11.1. The molecule has 0 rings (SSSR count). The van der Waals surface area contributed by atoms with Gasteiger partial charge in [0.15, 0.2) is 0 Å². The number of esters is 1.